The van der Waals surface area contributed by atoms with Crippen molar-refractivity contribution in [2.24, 2.45) is 0 Å². The summed E-state index contributed by atoms with van der Waals surface area (Å²) in [6.07, 6.45) is 10.4. The lowest BCUT2D eigenvalue weighted by Crippen LogP contribution is -2.50. The maximum Gasteiger partial charge on any atom is 0.321 e. The monoisotopic (exact) mass is 532 g/mol. The summed E-state index contributed by atoms with van der Waals surface area (Å²) < 4.78 is 0. The van der Waals surface area contributed by atoms with E-state index in [1.807, 2.05) is 13.8 Å². The predicted molar refractivity (Wildman–Crippen MR) is 153 cm³/mol. The van der Waals surface area contributed by atoms with Crippen LogP contribution in [0.25, 0.3) is 0 Å². The number of amides is 3. The number of piperidine rings is 1. The first-order valence-corrected chi connectivity index (χ1v) is 14.9. The van der Waals surface area contributed by atoms with Gasteiger partial charge in [-0.3, -0.25) is 4.79 Å². The SMILES string of the molecule is Cc1ncnc(C)c1C(=O)NCC[C@@H](C)N1CCC(N2C(=O)N(C3CCCCC3)C[C@H]2c2ccccc2)CC1. The Balaban J connectivity index is 1.17. The quantitative estimate of drug-likeness (QED) is 0.524. The fraction of sp³-hybridized carbons (Fsp3) is 0.613. The molecule has 3 amide bonds. The Kier molecular flexibility index (Phi) is 8.80. The van der Waals surface area contributed by atoms with Crippen molar-refractivity contribution >= 4 is 11.9 Å². The van der Waals surface area contributed by atoms with Crippen LogP contribution in [0, 0.1) is 13.8 Å². The van der Waals surface area contributed by atoms with Gasteiger partial charge in [0.05, 0.1) is 23.0 Å². The van der Waals surface area contributed by atoms with E-state index in [-0.39, 0.29) is 24.0 Å². The number of hydrogen-bond donors (Lipinski definition) is 1. The van der Waals surface area contributed by atoms with Gasteiger partial charge in [-0.15, -0.1) is 0 Å². The van der Waals surface area contributed by atoms with Crippen LogP contribution < -0.4 is 5.32 Å². The average molecular weight is 533 g/mol. The van der Waals surface area contributed by atoms with Crippen LogP contribution in [-0.2, 0) is 0 Å². The Morgan fingerprint density at radius 2 is 1.64 bits per heavy atom. The molecule has 1 saturated carbocycles. The molecule has 3 heterocycles. The molecule has 0 spiro atoms. The minimum Gasteiger partial charge on any atom is -0.352 e. The summed E-state index contributed by atoms with van der Waals surface area (Å²) in [4.78, 5) is 41.9. The van der Waals surface area contributed by atoms with Crippen LogP contribution in [0.5, 0.6) is 0 Å². The van der Waals surface area contributed by atoms with Crippen molar-refractivity contribution in [1.82, 2.24) is 30.0 Å². The van der Waals surface area contributed by atoms with Crippen LogP contribution in [0.1, 0.15) is 91.6 Å². The van der Waals surface area contributed by atoms with Crippen LogP contribution >= 0.6 is 0 Å². The maximum absolute atomic E-state index is 13.9. The lowest BCUT2D eigenvalue weighted by atomic mass is 9.94. The molecule has 3 fully saturated rings. The molecule has 5 rings (SSSR count). The van der Waals surface area contributed by atoms with Crippen LogP contribution in [0.2, 0.25) is 0 Å². The van der Waals surface area contributed by atoms with Crippen LogP contribution in [0.3, 0.4) is 0 Å². The van der Waals surface area contributed by atoms with Gasteiger partial charge in [-0.05, 0) is 58.4 Å². The van der Waals surface area contributed by atoms with Gasteiger partial charge in [-0.25, -0.2) is 14.8 Å². The highest BCUT2D eigenvalue weighted by Gasteiger charge is 2.45. The molecule has 3 aliphatic rings. The van der Waals surface area contributed by atoms with E-state index in [2.05, 4.69) is 67.2 Å². The van der Waals surface area contributed by atoms with E-state index in [1.165, 1.54) is 31.2 Å². The minimum atomic E-state index is -0.0986. The van der Waals surface area contributed by atoms with E-state index >= 15 is 0 Å². The average Bonchev–Trinajstić information content (AvgIpc) is 3.31. The summed E-state index contributed by atoms with van der Waals surface area (Å²) in [5.74, 6) is -0.0986. The second-order valence-electron chi connectivity index (χ2n) is 11.6. The fourth-order valence-electron chi connectivity index (χ4n) is 6.88. The third-order valence-electron chi connectivity index (χ3n) is 9.19. The second kappa shape index (κ2) is 12.5. The van der Waals surface area contributed by atoms with Gasteiger partial charge in [0.1, 0.15) is 6.33 Å². The molecular weight excluding hydrogens is 488 g/mol. The summed E-state index contributed by atoms with van der Waals surface area (Å²) in [7, 11) is 0. The number of rotatable bonds is 8. The van der Waals surface area contributed by atoms with Gasteiger partial charge in [-0.2, -0.15) is 0 Å². The highest BCUT2D eigenvalue weighted by molar-refractivity contribution is 5.96. The summed E-state index contributed by atoms with van der Waals surface area (Å²) >= 11 is 0. The van der Waals surface area contributed by atoms with Gasteiger partial charge >= 0.3 is 6.03 Å². The Morgan fingerprint density at radius 1 is 0.974 bits per heavy atom. The lowest BCUT2D eigenvalue weighted by molar-refractivity contribution is 0.0877. The minimum absolute atomic E-state index is 0.0986. The third-order valence-corrected chi connectivity index (χ3v) is 9.19. The number of nitrogens with one attached hydrogen (secondary N) is 1. The Morgan fingerprint density at radius 3 is 2.31 bits per heavy atom. The number of urea groups is 1. The van der Waals surface area contributed by atoms with Crippen LogP contribution in [0.15, 0.2) is 36.7 Å². The highest BCUT2D eigenvalue weighted by Crippen LogP contribution is 2.38. The van der Waals surface area contributed by atoms with E-state index in [1.54, 1.807) is 0 Å². The number of aromatic nitrogens is 2. The largest absolute Gasteiger partial charge is 0.352 e. The van der Waals surface area contributed by atoms with Crippen LogP contribution in [0.4, 0.5) is 4.79 Å². The molecule has 0 radical (unpaired) electrons. The third kappa shape index (κ3) is 6.11. The molecule has 39 heavy (non-hydrogen) atoms. The van der Waals surface area contributed by atoms with E-state index < -0.39 is 0 Å². The smallest absolute Gasteiger partial charge is 0.321 e. The molecule has 8 nitrogen and oxygen atoms in total. The van der Waals surface area contributed by atoms with Gasteiger partial charge in [0.25, 0.3) is 5.91 Å². The molecular formula is C31H44N6O2. The Hall–Kier alpha value is -3.00. The van der Waals surface area contributed by atoms with Crippen molar-refractivity contribution in [2.75, 3.05) is 26.2 Å². The maximum atomic E-state index is 13.9. The Bertz CT molecular complexity index is 1110. The number of hydrogen-bond acceptors (Lipinski definition) is 5. The lowest BCUT2D eigenvalue weighted by Gasteiger charge is -2.41. The predicted octanol–water partition coefficient (Wildman–Crippen LogP) is 4.88. The van der Waals surface area contributed by atoms with Gasteiger partial charge in [0.15, 0.2) is 0 Å². The molecule has 0 unspecified atom stereocenters. The molecule has 1 aliphatic carbocycles. The number of benzene rings is 1. The molecule has 1 aromatic carbocycles. The van der Waals surface area contributed by atoms with Crippen molar-refractivity contribution in [1.29, 1.82) is 0 Å². The van der Waals surface area contributed by atoms with Gasteiger partial charge in [0.2, 0.25) is 0 Å². The summed E-state index contributed by atoms with van der Waals surface area (Å²) in [6, 6.07) is 12.0. The van der Waals surface area contributed by atoms with Gasteiger partial charge in [-0.1, -0.05) is 49.6 Å². The molecule has 2 aromatic rings. The summed E-state index contributed by atoms with van der Waals surface area (Å²) in [5.41, 5.74) is 3.26. The first-order valence-electron chi connectivity index (χ1n) is 14.9. The number of aryl methyl sites for hydroxylation is 2. The van der Waals surface area contributed by atoms with Crippen molar-refractivity contribution in [2.45, 2.75) is 96.3 Å². The number of carbonyl (C=O) groups is 2. The van der Waals surface area contributed by atoms with E-state index in [0.29, 0.717) is 35.6 Å². The molecule has 2 atom stereocenters. The zero-order chi connectivity index (χ0) is 27.4. The molecule has 0 bridgehead atoms. The Labute approximate surface area is 233 Å². The molecule has 2 aliphatic heterocycles. The van der Waals surface area contributed by atoms with Crippen molar-refractivity contribution < 1.29 is 9.59 Å². The van der Waals surface area contributed by atoms with Gasteiger partial charge in [0, 0.05) is 44.3 Å². The standard InChI is InChI=1S/C31H44N6O2/c1-22(14-17-32-30(38)29-23(2)33-21-34-24(29)3)35-18-15-27(16-19-35)37-28(25-10-6-4-7-11-25)20-36(31(37)39)26-12-8-5-9-13-26/h4,6-7,10-11,21-22,26-28H,5,8-9,12-20H2,1-3H3,(H,32,38)/t22-,28+/m1/s1. The number of carbonyl (C=O) groups excluding carboxylic acids is 2. The van der Waals surface area contributed by atoms with Gasteiger partial charge < -0.3 is 20.0 Å². The summed E-state index contributed by atoms with van der Waals surface area (Å²) in [5, 5.41) is 3.07. The van der Waals surface area contributed by atoms with Crippen LogP contribution in [-0.4, -0.2) is 80.9 Å². The molecule has 1 aromatic heterocycles. The van der Waals surface area contributed by atoms with E-state index in [0.717, 1.165) is 51.7 Å². The van der Waals surface area contributed by atoms with E-state index in [9.17, 15) is 9.59 Å². The molecule has 8 heteroatoms. The first kappa shape index (κ1) is 27.6. The van der Waals surface area contributed by atoms with E-state index in [4.69, 9.17) is 0 Å². The second-order valence-corrected chi connectivity index (χ2v) is 11.6. The first-order chi connectivity index (χ1) is 18.9. The topological polar surface area (TPSA) is 81.7 Å². The zero-order valence-corrected chi connectivity index (χ0v) is 23.8. The highest BCUT2D eigenvalue weighted by atomic mass is 16.2. The number of likely N-dealkylation sites (tertiary alicyclic amines) is 1. The zero-order valence-electron chi connectivity index (χ0n) is 23.8. The molecule has 2 saturated heterocycles. The number of nitrogens with zero attached hydrogens (tertiary/aromatic N) is 5. The fourth-order valence-corrected chi connectivity index (χ4v) is 6.88. The molecule has 210 valence electrons. The van der Waals surface area contributed by atoms with Crippen molar-refractivity contribution in [3.63, 3.8) is 0 Å². The molecule has 1 N–H and O–H groups in total. The normalized spacial score (nSPS) is 22.3. The summed E-state index contributed by atoms with van der Waals surface area (Å²) in [6.45, 7) is 9.31. The van der Waals surface area contributed by atoms with Crippen molar-refractivity contribution in [3.05, 3.63) is 59.2 Å². The van der Waals surface area contributed by atoms with Crippen molar-refractivity contribution in [3.8, 4) is 0 Å².